The van der Waals surface area contributed by atoms with Gasteiger partial charge < -0.3 is 5.32 Å². The SMILES string of the molecule is O=C(CCSc1cc(-c2ccccc2)ncn1)Nc1ccc(S(=O)(=O)N2CCCCC2)cc1. The first-order chi connectivity index (χ1) is 16.0. The molecular weight excluding hydrogens is 456 g/mol. The van der Waals surface area contributed by atoms with Gasteiger partial charge in [-0.05, 0) is 43.2 Å². The molecule has 33 heavy (non-hydrogen) atoms. The Labute approximate surface area is 198 Å². The van der Waals surface area contributed by atoms with Crippen molar-refractivity contribution in [3.05, 3.63) is 67.0 Å². The van der Waals surface area contributed by atoms with E-state index >= 15 is 0 Å². The van der Waals surface area contributed by atoms with E-state index in [4.69, 9.17) is 0 Å². The summed E-state index contributed by atoms with van der Waals surface area (Å²) in [5.74, 6) is 0.435. The molecule has 0 unspecified atom stereocenters. The zero-order chi connectivity index (χ0) is 23.1. The van der Waals surface area contributed by atoms with E-state index in [1.807, 2.05) is 36.4 Å². The summed E-state index contributed by atoms with van der Waals surface area (Å²) in [4.78, 5) is 21.2. The predicted octanol–water partition coefficient (Wildman–Crippen LogP) is 4.44. The van der Waals surface area contributed by atoms with Crippen LogP contribution in [0.2, 0.25) is 0 Å². The topological polar surface area (TPSA) is 92.3 Å². The van der Waals surface area contributed by atoms with E-state index in [1.165, 1.54) is 22.4 Å². The fourth-order valence-corrected chi connectivity index (χ4v) is 5.95. The predicted molar refractivity (Wildman–Crippen MR) is 130 cm³/mol. The number of carbonyl (C=O) groups excluding carboxylic acids is 1. The number of rotatable bonds is 8. The van der Waals surface area contributed by atoms with E-state index in [2.05, 4.69) is 15.3 Å². The summed E-state index contributed by atoms with van der Waals surface area (Å²) in [6, 6.07) is 18.2. The second-order valence-corrected chi connectivity index (χ2v) is 10.8. The van der Waals surface area contributed by atoms with Crippen molar-refractivity contribution in [2.24, 2.45) is 0 Å². The minimum absolute atomic E-state index is 0.133. The molecule has 3 aromatic rings. The highest BCUT2D eigenvalue weighted by atomic mass is 32.2. The van der Waals surface area contributed by atoms with E-state index in [-0.39, 0.29) is 10.8 Å². The minimum Gasteiger partial charge on any atom is -0.326 e. The van der Waals surface area contributed by atoms with E-state index < -0.39 is 10.0 Å². The van der Waals surface area contributed by atoms with Gasteiger partial charge in [-0.3, -0.25) is 4.79 Å². The molecule has 9 heteroatoms. The first-order valence-corrected chi connectivity index (χ1v) is 13.4. The van der Waals surface area contributed by atoms with Crippen LogP contribution in [0, 0.1) is 0 Å². The Morgan fingerprint density at radius 1 is 0.970 bits per heavy atom. The van der Waals surface area contributed by atoms with Crippen molar-refractivity contribution in [3.63, 3.8) is 0 Å². The Morgan fingerprint density at radius 3 is 2.42 bits per heavy atom. The summed E-state index contributed by atoms with van der Waals surface area (Å²) in [6.45, 7) is 1.13. The zero-order valence-electron chi connectivity index (χ0n) is 18.2. The third-order valence-electron chi connectivity index (χ3n) is 5.38. The molecule has 1 saturated heterocycles. The number of hydrogen-bond donors (Lipinski definition) is 1. The number of hydrogen-bond acceptors (Lipinski definition) is 6. The number of aromatic nitrogens is 2. The van der Waals surface area contributed by atoms with Gasteiger partial charge in [-0.15, -0.1) is 11.8 Å². The lowest BCUT2D eigenvalue weighted by Gasteiger charge is -2.25. The number of nitrogens with one attached hydrogen (secondary N) is 1. The van der Waals surface area contributed by atoms with E-state index in [0.717, 1.165) is 35.5 Å². The molecule has 172 valence electrons. The lowest BCUT2D eigenvalue weighted by Crippen LogP contribution is -2.35. The molecule has 1 N–H and O–H groups in total. The number of benzene rings is 2. The van der Waals surface area contributed by atoms with Crippen LogP contribution in [0.15, 0.2) is 76.9 Å². The number of sulfonamides is 1. The Hall–Kier alpha value is -2.75. The van der Waals surface area contributed by atoms with Gasteiger partial charge in [-0.1, -0.05) is 36.8 Å². The summed E-state index contributed by atoms with van der Waals surface area (Å²) < 4.78 is 27.0. The maximum Gasteiger partial charge on any atom is 0.243 e. The average Bonchev–Trinajstić information content (AvgIpc) is 2.86. The van der Waals surface area contributed by atoms with Crippen LogP contribution in [-0.2, 0) is 14.8 Å². The second-order valence-electron chi connectivity index (χ2n) is 7.74. The maximum absolute atomic E-state index is 12.7. The van der Waals surface area contributed by atoms with Crippen LogP contribution in [0.3, 0.4) is 0 Å². The molecule has 1 fully saturated rings. The van der Waals surface area contributed by atoms with Crippen molar-refractivity contribution in [1.82, 2.24) is 14.3 Å². The first-order valence-electron chi connectivity index (χ1n) is 10.9. The molecule has 0 aliphatic carbocycles. The van der Waals surface area contributed by atoms with Gasteiger partial charge in [0.2, 0.25) is 15.9 Å². The van der Waals surface area contributed by atoms with E-state index in [0.29, 0.717) is 31.0 Å². The number of amides is 1. The Bertz CT molecular complexity index is 1180. The van der Waals surface area contributed by atoms with Crippen molar-refractivity contribution in [3.8, 4) is 11.3 Å². The second kappa shape index (κ2) is 10.9. The summed E-state index contributed by atoms with van der Waals surface area (Å²) in [5, 5.41) is 3.64. The van der Waals surface area contributed by atoms with Gasteiger partial charge in [0.25, 0.3) is 0 Å². The van der Waals surface area contributed by atoms with Gasteiger partial charge in [0.1, 0.15) is 6.33 Å². The van der Waals surface area contributed by atoms with Crippen molar-refractivity contribution in [1.29, 1.82) is 0 Å². The molecule has 0 bridgehead atoms. The van der Waals surface area contributed by atoms with Crippen molar-refractivity contribution >= 4 is 33.4 Å². The number of anilines is 1. The molecule has 1 aliphatic heterocycles. The number of nitrogens with zero attached hydrogens (tertiary/aromatic N) is 3. The van der Waals surface area contributed by atoms with Gasteiger partial charge in [0, 0.05) is 36.5 Å². The van der Waals surface area contributed by atoms with Gasteiger partial charge in [0.05, 0.1) is 15.6 Å². The highest BCUT2D eigenvalue weighted by Gasteiger charge is 2.25. The summed E-state index contributed by atoms with van der Waals surface area (Å²) >= 11 is 1.49. The number of thioether (sulfide) groups is 1. The molecule has 0 saturated carbocycles. The fraction of sp³-hybridized carbons (Fsp3) is 0.292. The van der Waals surface area contributed by atoms with Crippen LogP contribution >= 0.6 is 11.8 Å². The van der Waals surface area contributed by atoms with Crippen LogP contribution in [-0.4, -0.2) is 47.4 Å². The normalized spacial score (nSPS) is 14.7. The Morgan fingerprint density at radius 2 is 1.70 bits per heavy atom. The van der Waals surface area contributed by atoms with Crippen molar-refractivity contribution in [2.45, 2.75) is 35.6 Å². The quantitative estimate of drug-likeness (QED) is 0.377. The van der Waals surface area contributed by atoms with Gasteiger partial charge in [0.15, 0.2) is 0 Å². The summed E-state index contributed by atoms with van der Waals surface area (Å²) in [6.07, 6.45) is 4.70. The molecule has 1 aromatic heterocycles. The standard InChI is InChI=1S/C24H26N4O3S2/c29-23(13-16-32-24-17-22(25-18-26-24)19-7-3-1-4-8-19)27-20-9-11-21(12-10-20)33(30,31)28-14-5-2-6-15-28/h1,3-4,7-12,17-18H,2,5-6,13-16H2,(H,27,29). The Balaban J connectivity index is 1.28. The fourth-order valence-electron chi connectivity index (χ4n) is 3.62. The third kappa shape index (κ3) is 6.19. The largest absolute Gasteiger partial charge is 0.326 e. The lowest BCUT2D eigenvalue weighted by atomic mass is 10.1. The number of piperidine rings is 1. The van der Waals surface area contributed by atoms with Crippen molar-refractivity contribution in [2.75, 3.05) is 24.2 Å². The molecule has 7 nitrogen and oxygen atoms in total. The van der Waals surface area contributed by atoms with Gasteiger partial charge >= 0.3 is 0 Å². The van der Waals surface area contributed by atoms with Crippen LogP contribution in [0.4, 0.5) is 5.69 Å². The molecule has 2 heterocycles. The summed E-state index contributed by atoms with van der Waals surface area (Å²) in [7, 11) is -3.47. The molecule has 1 amide bonds. The minimum atomic E-state index is -3.47. The lowest BCUT2D eigenvalue weighted by molar-refractivity contribution is -0.115. The molecular formula is C24H26N4O3S2. The smallest absolute Gasteiger partial charge is 0.243 e. The van der Waals surface area contributed by atoms with E-state index in [9.17, 15) is 13.2 Å². The van der Waals surface area contributed by atoms with Crippen LogP contribution < -0.4 is 5.32 Å². The number of carbonyl (C=O) groups is 1. The van der Waals surface area contributed by atoms with Gasteiger partial charge in [-0.25, -0.2) is 18.4 Å². The molecule has 0 radical (unpaired) electrons. The highest BCUT2D eigenvalue weighted by Crippen LogP contribution is 2.24. The van der Waals surface area contributed by atoms with Crippen LogP contribution in [0.5, 0.6) is 0 Å². The van der Waals surface area contributed by atoms with Crippen LogP contribution in [0.1, 0.15) is 25.7 Å². The molecule has 0 spiro atoms. The molecule has 0 atom stereocenters. The van der Waals surface area contributed by atoms with Gasteiger partial charge in [-0.2, -0.15) is 4.31 Å². The van der Waals surface area contributed by atoms with E-state index in [1.54, 1.807) is 24.3 Å². The van der Waals surface area contributed by atoms with Crippen molar-refractivity contribution < 1.29 is 13.2 Å². The summed E-state index contributed by atoms with van der Waals surface area (Å²) in [5.41, 5.74) is 2.44. The average molecular weight is 483 g/mol. The molecule has 4 rings (SSSR count). The first kappa shape index (κ1) is 23.4. The third-order valence-corrected chi connectivity index (χ3v) is 8.22. The molecule has 1 aliphatic rings. The maximum atomic E-state index is 12.7. The zero-order valence-corrected chi connectivity index (χ0v) is 19.8. The Kier molecular flexibility index (Phi) is 7.74. The molecule has 2 aromatic carbocycles. The van der Waals surface area contributed by atoms with Crippen LogP contribution in [0.25, 0.3) is 11.3 Å². The monoisotopic (exact) mass is 482 g/mol. The highest BCUT2D eigenvalue weighted by molar-refractivity contribution is 7.99.